The normalized spacial score (nSPS) is 11.9. The lowest BCUT2D eigenvalue weighted by atomic mass is 10.2. The van der Waals surface area contributed by atoms with Crippen LogP contribution in [-0.2, 0) is 0 Å². The van der Waals surface area contributed by atoms with Crippen LogP contribution in [0, 0.1) is 0 Å². The Kier molecular flexibility index (Phi) is 1.95. The van der Waals surface area contributed by atoms with Crippen LogP contribution in [-0.4, -0.2) is 16.6 Å². The topological polar surface area (TPSA) is 57.9 Å². The molecule has 0 aliphatic heterocycles. The number of hydrogen-bond acceptors (Lipinski definition) is 2. The molecule has 80 valence electrons. The molecule has 0 fully saturated rings. The summed E-state index contributed by atoms with van der Waals surface area (Å²) in [6.07, 6.45) is -4.73. The molecule has 4 nitrogen and oxygen atoms in total. The molecule has 2 rings (SSSR count). The molecule has 0 bridgehead atoms. The van der Waals surface area contributed by atoms with Gasteiger partial charge in [-0.15, -0.1) is 13.2 Å². The van der Waals surface area contributed by atoms with Crippen molar-refractivity contribution in [1.29, 1.82) is 0 Å². The van der Waals surface area contributed by atoms with Crippen molar-refractivity contribution >= 4 is 10.9 Å². The van der Waals surface area contributed by atoms with E-state index in [1.165, 1.54) is 6.07 Å². The van der Waals surface area contributed by atoms with E-state index in [-0.39, 0.29) is 22.2 Å². The molecule has 0 saturated carbocycles. The smallest absolute Gasteiger partial charge is 0.406 e. The second kappa shape index (κ2) is 3.04. The fourth-order valence-electron chi connectivity index (χ4n) is 1.21. The van der Waals surface area contributed by atoms with E-state index >= 15 is 0 Å². The minimum Gasteiger partial charge on any atom is -0.406 e. The maximum atomic E-state index is 11.8. The summed E-state index contributed by atoms with van der Waals surface area (Å²) in [5.74, 6) is -0.370. The summed E-state index contributed by atoms with van der Waals surface area (Å²) in [5.41, 5.74) is -0.120. The largest absolute Gasteiger partial charge is 0.573 e. The van der Waals surface area contributed by atoms with Gasteiger partial charge in [-0.05, 0) is 12.1 Å². The average Bonchev–Trinajstić information content (AvgIpc) is 2.45. The zero-order valence-corrected chi connectivity index (χ0v) is 7.18. The Bertz CT molecular complexity index is 541. The third kappa shape index (κ3) is 1.95. The van der Waals surface area contributed by atoms with Gasteiger partial charge in [0.1, 0.15) is 5.75 Å². The molecule has 0 radical (unpaired) electrons. The van der Waals surface area contributed by atoms with Crippen molar-refractivity contribution in [2.45, 2.75) is 6.36 Å². The Morgan fingerprint density at radius 3 is 2.60 bits per heavy atom. The van der Waals surface area contributed by atoms with Gasteiger partial charge in [0.2, 0.25) is 0 Å². The highest BCUT2D eigenvalue weighted by molar-refractivity contribution is 5.79. The molecule has 2 aromatic rings. The van der Waals surface area contributed by atoms with Crippen LogP contribution in [0.15, 0.2) is 23.0 Å². The van der Waals surface area contributed by atoms with Gasteiger partial charge in [-0.25, -0.2) is 0 Å². The number of alkyl halides is 3. The Labute approximate surface area is 80.6 Å². The van der Waals surface area contributed by atoms with Crippen molar-refractivity contribution in [3.63, 3.8) is 0 Å². The van der Waals surface area contributed by atoms with Crippen LogP contribution in [0.25, 0.3) is 10.9 Å². The maximum Gasteiger partial charge on any atom is 0.573 e. The van der Waals surface area contributed by atoms with Crippen LogP contribution in [0.1, 0.15) is 0 Å². The monoisotopic (exact) mass is 218 g/mol. The molecule has 1 aromatic heterocycles. The summed E-state index contributed by atoms with van der Waals surface area (Å²) in [4.78, 5) is 11.0. The van der Waals surface area contributed by atoms with Crippen molar-refractivity contribution in [2.24, 2.45) is 0 Å². The second-order valence-electron chi connectivity index (χ2n) is 2.83. The van der Waals surface area contributed by atoms with Gasteiger partial charge in [-0.2, -0.15) is 0 Å². The number of rotatable bonds is 1. The highest BCUT2D eigenvalue weighted by Crippen LogP contribution is 2.24. The number of benzene rings is 1. The van der Waals surface area contributed by atoms with Crippen LogP contribution < -0.4 is 10.3 Å². The first-order valence-corrected chi connectivity index (χ1v) is 3.92. The van der Waals surface area contributed by atoms with Gasteiger partial charge in [0.25, 0.3) is 5.56 Å². The van der Waals surface area contributed by atoms with Crippen molar-refractivity contribution in [3.8, 4) is 5.75 Å². The Morgan fingerprint density at radius 1 is 1.20 bits per heavy atom. The van der Waals surface area contributed by atoms with Gasteiger partial charge in [0.05, 0.1) is 10.9 Å². The Balaban J connectivity index is 2.44. The fourth-order valence-corrected chi connectivity index (χ4v) is 1.21. The van der Waals surface area contributed by atoms with E-state index in [0.29, 0.717) is 0 Å². The Hall–Kier alpha value is -1.92. The van der Waals surface area contributed by atoms with Crippen LogP contribution in [0.4, 0.5) is 13.2 Å². The van der Waals surface area contributed by atoms with Crippen molar-refractivity contribution in [1.82, 2.24) is 10.2 Å². The van der Waals surface area contributed by atoms with E-state index in [1.807, 2.05) is 0 Å². The summed E-state index contributed by atoms with van der Waals surface area (Å²) in [6.45, 7) is 0. The molecular formula is C8H5F3N2O2. The number of fused-ring (bicyclic) bond motifs is 1. The van der Waals surface area contributed by atoms with E-state index in [2.05, 4.69) is 14.9 Å². The van der Waals surface area contributed by atoms with Gasteiger partial charge in [-0.3, -0.25) is 15.0 Å². The summed E-state index contributed by atoms with van der Waals surface area (Å²) in [7, 11) is 0. The number of aromatic nitrogens is 2. The lowest BCUT2D eigenvalue weighted by molar-refractivity contribution is -0.274. The summed E-state index contributed by atoms with van der Waals surface area (Å²) in [5, 5.41) is 4.96. The van der Waals surface area contributed by atoms with Gasteiger partial charge < -0.3 is 4.74 Å². The molecule has 1 heterocycles. The summed E-state index contributed by atoms with van der Waals surface area (Å²) >= 11 is 0. The SMILES string of the molecule is O=c1[nH][nH]c2cc(OC(F)(F)F)ccc12. The quantitative estimate of drug-likeness (QED) is 0.766. The number of H-pyrrole nitrogens is 2. The first-order chi connectivity index (χ1) is 6.96. The third-order valence-corrected chi connectivity index (χ3v) is 1.78. The fraction of sp³-hybridized carbons (Fsp3) is 0.125. The molecule has 0 amide bonds. The van der Waals surface area contributed by atoms with Gasteiger partial charge in [0.15, 0.2) is 0 Å². The lowest BCUT2D eigenvalue weighted by Crippen LogP contribution is -2.17. The molecule has 0 atom stereocenters. The summed E-state index contributed by atoms with van der Waals surface area (Å²) < 4.78 is 39.2. The van der Waals surface area contributed by atoms with E-state index in [1.54, 1.807) is 0 Å². The highest BCUT2D eigenvalue weighted by atomic mass is 19.4. The van der Waals surface area contributed by atoms with Crippen molar-refractivity contribution < 1.29 is 17.9 Å². The van der Waals surface area contributed by atoms with E-state index < -0.39 is 6.36 Å². The molecular weight excluding hydrogens is 213 g/mol. The minimum atomic E-state index is -4.73. The van der Waals surface area contributed by atoms with E-state index in [9.17, 15) is 18.0 Å². The molecule has 1 aromatic carbocycles. The molecule has 0 aliphatic carbocycles. The molecule has 0 unspecified atom stereocenters. The van der Waals surface area contributed by atoms with Crippen LogP contribution in [0.2, 0.25) is 0 Å². The highest BCUT2D eigenvalue weighted by Gasteiger charge is 2.31. The lowest BCUT2D eigenvalue weighted by Gasteiger charge is -2.07. The molecule has 0 aliphatic rings. The minimum absolute atomic E-state index is 0.266. The second-order valence-corrected chi connectivity index (χ2v) is 2.83. The average molecular weight is 218 g/mol. The van der Waals surface area contributed by atoms with Crippen LogP contribution >= 0.6 is 0 Å². The zero-order valence-electron chi connectivity index (χ0n) is 7.18. The molecule has 2 N–H and O–H groups in total. The number of ether oxygens (including phenoxy) is 1. The number of halogens is 3. The van der Waals surface area contributed by atoms with Gasteiger partial charge >= 0.3 is 6.36 Å². The molecule has 7 heteroatoms. The first-order valence-electron chi connectivity index (χ1n) is 3.92. The zero-order chi connectivity index (χ0) is 11.1. The van der Waals surface area contributed by atoms with E-state index in [0.717, 1.165) is 12.1 Å². The number of nitrogens with one attached hydrogen (secondary N) is 2. The standard InChI is InChI=1S/C8H5F3N2O2/c9-8(10,11)15-4-1-2-5-6(3-4)12-13-7(5)14/h1-3H,(H2,12,13,14). The predicted molar refractivity (Wildman–Crippen MR) is 45.6 cm³/mol. The predicted octanol–water partition coefficient (Wildman–Crippen LogP) is 1.75. The third-order valence-electron chi connectivity index (χ3n) is 1.78. The van der Waals surface area contributed by atoms with Gasteiger partial charge in [-0.1, -0.05) is 0 Å². The number of aromatic amines is 2. The molecule has 15 heavy (non-hydrogen) atoms. The number of hydrogen-bond donors (Lipinski definition) is 2. The van der Waals surface area contributed by atoms with Crippen LogP contribution in [0.3, 0.4) is 0 Å². The molecule has 0 saturated heterocycles. The maximum absolute atomic E-state index is 11.8. The Morgan fingerprint density at radius 2 is 1.93 bits per heavy atom. The van der Waals surface area contributed by atoms with Crippen molar-refractivity contribution in [2.75, 3.05) is 0 Å². The first kappa shape index (κ1) is 9.63. The summed E-state index contributed by atoms with van der Waals surface area (Å²) in [6, 6.07) is 3.44. The molecule has 0 spiro atoms. The van der Waals surface area contributed by atoms with Crippen molar-refractivity contribution in [3.05, 3.63) is 28.6 Å². The van der Waals surface area contributed by atoms with Crippen LogP contribution in [0.5, 0.6) is 5.75 Å². The van der Waals surface area contributed by atoms with Gasteiger partial charge in [0, 0.05) is 6.07 Å². The van der Waals surface area contributed by atoms with E-state index in [4.69, 9.17) is 0 Å².